The van der Waals surface area contributed by atoms with Gasteiger partial charge in [0.15, 0.2) is 5.78 Å². The first-order valence-electron chi connectivity index (χ1n) is 10.8. The highest BCUT2D eigenvalue weighted by Crippen LogP contribution is 2.36. The first kappa shape index (κ1) is 22.9. The van der Waals surface area contributed by atoms with E-state index in [0.29, 0.717) is 5.56 Å². The van der Waals surface area contributed by atoms with Gasteiger partial charge in [-0.2, -0.15) is 0 Å². The lowest BCUT2D eigenvalue weighted by Crippen LogP contribution is -2.58. The van der Waals surface area contributed by atoms with E-state index in [1.807, 2.05) is 12.1 Å². The molecule has 0 unspecified atom stereocenters. The van der Waals surface area contributed by atoms with Crippen molar-refractivity contribution in [3.05, 3.63) is 53.9 Å². The van der Waals surface area contributed by atoms with Crippen LogP contribution in [-0.2, 0) is 16.1 Å². The van der Waals surface area contributed by atoms with E-state index < -0.39 is 37.3 Å². The summed E-state index contributed by atoms with van der Waals surface area (Å²) in [6.45, 7) is 2.37. The number of carbonyl (C=O) groups is 1. The zero-order valence-electron chi connectivity index (χ0n) is 17.7. The Kier molecular flexibility index (Phi) is 6.93. The van der Waals surface area contributed by atoms with E-state index in [0.717, 1.165) is 43.1 Å². The number of ketones is 1. The third-order valence-corrected chi connectivity index (χ3v) is 6.60. The maximum absolute atomic E-state index is 13.2. The number of pyridine rings is 1. The van der Waals surface area contributed by atoms with Gasteiger partial charge in [0.1, 0.15) is 0 Å². The lowest BCUT2D eigenvalue weighted by atomic mass is 9.91. The summed E-state index contributed by atoms with van der Waals surface area (Å²) in [5.41, 5.74) is 3.32. The number of aliphatic hydroxyl groups excluding tert-OH is 1. The number of hydrogen-bond acceptors (Lipinski definition) is 5. The zero-order chi connectivity index (χ0) is 22.7. The maximum Gasteiger partial charge on any atom is 0.295 e. The molecule has 2 saturated heterocycles. The van der Waals surface area contributed by atoms with Crippen molar-refractivity contribution in [2.45, 2.75) is 43.9 Å². The van der Waals surface area contributed by atoms with Gasteiger partial charge in [0.2, 0.25) is 0 Å². The number of aliphatic hydroxyl groups is 1. The summed E-state index contributed by atoms with van der Waals surface area (Å²) in [6.07, 6.45) is -1.05. The van der Waals surface area contributed by atoms with Gasteiger partial charge in [-0.1, -0.05) is 30.3 Å². The van der Waals surface area contributed by atoms with E-state index in [9.17, 15) is 23.1 Å². The monoisotopic (exact) mass is 448 g/mol. The molecular weight excluding hydrogens is 421 g/mol. The second kappa shape index (κ2) is 9.68. The van der Waals surface area contributed by atoms with Crippen molar-refractivity contribution in [1.29, 1.82) is 0 Å². The van der Waals surface area contributed by atoms with Gasteiger partial charge in [-0.15, -0.1) is 0 Å². The van der Waals surface area contributed by atoms with Crippen LogP contribution in [0, 0.1) is 5.92 Å². The van der Waals surface area contributed by atoms with Crippen LogP contribution >= 0.6 is 0 Å². The number of carbonyl (C=O) groups excluding carboxylic acids is 1. The van der Waals surface area contributed by atoms with Gasteiger partial charge in [0.25, 0.3) is 6.43 Å². The molecule has 0 radical (unpaired) electrons. The van der Waals surface area contributed by atoms with Crippen molar-refractivity contribution in [3.63, 3.8) is 0 Å². The molecule has 2 aromatic rings. The van der Waals surface area contributed by atoms with Gasteiger partial charge in [-0.3, -0.25) is 19.1 Å². The number of likely N-dealkylation sites (tertiary alicyclic amines) is 1. The van der Waals surface area contributed by atoms with Crippen molar-refractivity contribution in [1.82, 2.24) is 9.88 Å². The molecule has 1 aromatic heterocycles. The number of benzene rings is 1. The van der Waals surface area contributed by atoms with E-state index in [4.69, 9.17) is 4.74 Å². The highest BCUT2D eigenvalue weighted by atomic mass is 19.3. The molecule has 5 nitrogen and oxygen atoms in total. The second-order valence-corrected chi connectivity index (χ2v) is 8.73. The first-order valence-corrected chi connectivity index (χ1v) is 10.8. The Morgan fingerprint density at radius 1 is 1.16 bits per heavy atom. The van der Waals surface area contributed by atoms with Crippen LogP contribution in [0.2, 0.25) is 0 Å². The number of alkyl halides is 3. The Labute approximate surface area is 185 Å². The normalized spacial score (nSPS) is 19.8. The Bertz CT molecular complexity index is 917. The third kappa shape index (κ3) is 4.72. The summed E-state index contributed by atoms with van der Waals surface area (Å²) in [5.74, 6) is -2.56. The SMILES string of the molecule is O=C(C[C@H](CF)[C@H](O)c1ccc(-c2ccc(CN3CCCC34COC4)nc2)cc1)C(F)F. The first-order chi connectivity index (χ1) is 15.4. The molecule has 2 aliphatic heterocycles. The highest BCUT2D eigenvalue weighted by Gasteiger charge is 2.47. The average molecular weight is 448 g/mol. The van der Waals surface area contributed by atoms with Crippen LogP contribution in [0.15, 0.2) is 42.6 Å². The van der Waals surface area contributed by atoms with Crippen LogP contribution in [0.1, 0.15) is 36.6 Å². The molecule has 1 aromatic carbocycles. The molecule has 1 N–H and O–H groups in total. The molecule has 2 aliphatic rings. The fourth-order valence-corrected chi connectivity index (χ4v) is 4.53. The minimum atomic E-state index is -3.16. The molecule has 0 amide bonds. The zero-order valence-corrected chi connectivity index (χ0v) is 17.7. The topological polar surface area (TPSA) is 62.7 Å². The molecule has 172 valence electrons. The molecular formula is C24H27F3N2O3. The summed E-state index contributed by atoms with van der Waals surface area (Å²) >= 11 is 0. The van der Waals surface area contributed by atoms with E-state index in [1.165, 1.54) is 12.8 Å². The van der Waals surface area contributed by atoms with Crippen molar-refractivity contribution in [2.75, 3.05) is 26.4 Å². The van der Waals surface area contributed by atoms with Crippen molar-refractivity contribution < 1.29 is 27.8 Å². The smallest absolute Gasteiger partial charge is 0.295 e. The van der Waals surface area contributed by atoms with Crippen LogP contribution in [0.4, 0.5) is 13.2 Å². The van der Waals surface area contributed by atoms with Crippen LogP contribution in [0.5, 0.6) is 0 Å². The Hall–Kier alpha value is -2.29. The maximum atomic E-state index is 13.2. The standard InChI is InChI=1S/C24H27F3N2O3/c25-11-19(10-21(30)23(26)27)22(31)17-4-2-16(3-5-17)18-6-7-20(28-12-18)13-29-9-1-8-24(29)14-32-15-24/h2-7,12,19,22-23,31H,1,8-11,13-15H2/t19-,22-/m1/s1. The van der Waals surface area contributed by atoms with E-state index in [-0.39, 0.29) is 5.54 Å². The van der Waals surface area contributed by atoms with Crippen LogP contribution < -0.4 is 0 Å². The fraction of sp³-hybridized carbons (Fsp3) is 0.500. The van der Waals surface area contributed by atoms with E-state index in [2.05, 4.69) is 9.88 Å². The number of aromatic nitrogens is 1. The summed E-state index contributed by atoms with van der Waals surface area (Å²) in [5, 5.41) is 10.3. The quantitative estimate of drug-likeness (QED) is 0.629. The molecule has 2 atom stereocenters. The van der Waals surface area contributed by atoms with Crippen LogP contribution in [-0.4, -0.2) is 59.2 Å². The number of ether oxygens (including phenoxy) is 1. The van der Waals surface area contributed by atoms with Crippen LogP contribution in [0.25, 0.3) is 11.1 Å². The molecule has 32 heavy (non-hydrogen) atoms. The third-order valence-electron chi connectivity index (χ3n) is 6.60. The average Bonchev–Trinajstić information content (AvgIpc) is 3.21. The highest BCUT2D eigenvalue weighted by molar-refractivity contribution is 5.81. The van der Waals surface area contributed by atoms with Gasteiger partial charge >= 0.3 is 0 Å². The summed E-state index contributed by atoms with van der Waals surface area (Å²) in [4.78, 5) is 18.3. The van der Waals surface area contributed by atoms with Gasteiger partial charge in [-0.25, -0.2) is 8.78 Å². The Morgan fingerprint density at radius 2 is 1.88 bits per heavy atom. The number of hydrogen-bond donors (Lipinski definition) is 1. The van der Waals surface area contributed by atoms with Gasteiger partial charge in [0.05, 0.1) is 37.2 Å². The Balaban J connectivity index is 1.39. The largest absolute Gasteiger partial charge is 0.388 e. The van der Waals surface area contributed by atoms with Crippen molar-refractivity contribution >= 4 is 5.78 Å². The van der Waals surface area contributed by atoms with E-state index >= 15 is 0 Å². The minimum Gasteiger partial charge on any atom is -0.388 e. The molecule has 8 heteroatoms. The fourth-order valence-electron chi connectivity index (χ4n) is 4.53. The predicted octanol–water partition coefficient (Wildman–Crippen LogP) is 3.96. The van der Waals surface area contributed by atoms with E-state index in [1.54, 1.807) is 30.5 Å². The number of Topliss-reactive ketones (excluding diaryl/α,β-unsaturated/α-hetero) is 1. The summed E-state index contributed by atoms with van der Waals surface area (Å²) in [7, 11) is 0. The van der Waals surface area contributed by atoms with Crippen molar-refractivity contribution in [3.8, 4) is 11.1 Å². The lowest BCUT2D eigenvalue weighted by molar-refractivity contribution is -0.131. The van der Waals surface area contributed by atoms with Gasteiger partial charge < -0.3 is 9.84 Å². The minimum absolute atomic E-state index is 0.189. The number of nitrogens with zero attached hydrogens (tertiary/aromatic N) is 2. The van der Waals surface area contributed by atoms with Crippen molar-refractivity contribution in [2.24, 2.45) is 5.92 Å². The Morgan fingerprint density at radius 3 is 2.44 bits per heavy atom. The second-order valence-electron chi connectivity index (χ2n) is 8.73. The lowest BCUT2D eigenvalue weighted by Gasteiger charge is -2.45. The number of rotatable bonds is 9. The molecule has 0 bridgehead atoms. The number of halogens is 3. The van der Waals surface area contributed by atoms with Gasteiger partial charge in [0, 0.05) is 30.6 Å². The molecule has 1 spiro atoms. The molecule has 0 aliphatic carbocycles. The molecule has 0 saturated carbocycles. The molecule has 2 fully saturated rings. The summed E-state index contributed by atoms with van der Waals surface area (Å²) < 4.78 is 43.6. The molecule has 3 heterocycles. The van der Waals surface area contributed by atoms with Gasteiger partial charge in [-0.05, 0) is 36.6 Å². The summed E-state index contributed by atoms with van der Waals surface area (Å²) in [6, 6.07) is 10.8. The predicted molar refractivity (Wildman–Crippen MR) is 113 cm³/mol. The molecule has 4 rings (SSSR count). The van der Waals surface area contributed by atoms with Crippen LogP contribution in [0.3, 0.4) is 0 Å².